The molecule has 0 aromatic heterocycles. The maximum atomic E-state index is 11.9. The van der Waals surface area contributed by atoms with Crippen LogP contribution in [0.25, 0.3) is 0 Å². The van der Waals surface area contributed by atoms with Gasteiger partial charge in [0.25, 0.3) is 0 Å². The Kier molecular flexibility index (Phi) is 4.86. The summed E-state index contributed by atoms with van der Waals surface area (Å²) in [5.41, 5.74) is 1.57. The van der Waals surface area contributed by atoms with Crippen molar-refractivity contribution in [1.82, 2.24) is 0 Å². The lowest BCUT2D eigenvalue weighted by Crippen LogP contribution is -2.14. The van der Waals surface area contributed by atoms with Crippen LogP contribution < -0.4 is 5.32 Å². The van der Waals surface area contributed by atoms with Crippen LogP contribution in [0, 0.1) is 0 Å². The quantitative estimate of drug-likeness (QED) is 0.827. The van der Waals surface area contributed by atoms with Gasteiger partial charge in [0.05, 0.1) is 16.5 Å². The molecule has 0 aliphatic carbocycles. The molecular weight excluding hydrogens is 349 g/mol. The van der Waals surface area contributed by atoms with Gasteiger partial charge in [-0.1, -0.05) is 51.3 Å². The predicted octanol–water partition coefficient (Wildman–Crippen LogP) is 4.94. The maximum absolute atomic E-state index is 11.9. The van der Waals surface area contributed by atoms with Gasteiger partial charge in [0.1, 0.15) is 0 Å². The second kappa shape index (κ2) is 6.42. The van der Waals surface area contributed by atoms with Crippen molar-refractivity contribution in [2.24, 2.45) is 0 Å². The molecule has 0 spiro atoms. The maximum Gasteiger partial charge on any atom is 0.228 e. The molecule has 0 saturated heterocycles. The first-order valence-electron chi connectivity index (χ1n) is 5.54. The van der Waals surface area contributed by atoms with Gasteiger partial charge in [-0.25, -0.2) is 0 Å². The van der Waals surface area contributed by atoms with Gasteiger partial charge in [-0.05, 0) is 35.9 Å². The number of rotatable bonds is 3. The van der Waals surface area contributed by atoms with Crippen LogP contribution in [0.2, 0.25) is 10.0 Å². The molecular formula is C14H10BrCl2NO. The van der Waals surface area contributed by atoms with Gasteiger partial charge in [0, 0.05) is 10.2 Å². The molecule has 0 fully saturated rings. The normalized spacial score (nSPS) is 10.3. The number of amides is 1. The Hall–Kier alpha value is -1.03. The van der Waals surface area contributed by atoms with Crippen molar-refractivity contribution in [3.8, 4) is 0 Å². The monoisotopic (exact) mass is 357 g/mol. The molecule has 1 N–H and O–H groups in total. The van der Waals surface area contributed by atoms with Crippen molar-refractivity contribution in [3.63, 3.8) is 0 Å². The van der Waals surface area contributed by atoms with Gasteiger partial charge < -0.3 is 5.32 Å². The van der Waals surface area contributed by atoms with E-state index in [0.29, 0.717) is 22.2 Å². The number of nitrogens with one attached hydrogen (secondary N) is 1. The lowest BCUT2D eigenvalue weighted by molar-refractivity contribution is -0.115. The lowest BCUT2D eigenvalue weighted by atomic mass is 10.1. The van der Waals surface area contributed by atoms with Gasteiger partial charge in [-0.15, -0.1) is 0 Å². The minimum absolute atomic E-state index is 0.100. The zero-order valence-electron chi connectivity index (χ0n) is 9.79. The molecule has 0 aliphatic heterocycles. The van der Waals surface area contributed by atoms with E-state index in [1.165, 1.54) is 0 Å². The van der Waals surface area contributed by atoms with E-state index in [0.717, 1.165) is 10.0 Å². The summed E-state index contributed by atoms with van der Waals surface area (Å²) >= 11 is 15.1. The van der Waals surface area contributed by atoms with E-state index in [1.54, 1.807) is 18.2 Å². The van der Waals surface area contributed by atoms with E-state index in [-0.39, 0.29) is 5.91 Å². The summed E-state index contributed by atoms with van der Waals surface area (Å²) in [5.74, 6) is -0.100. The van der Waals surface area contributed by atoms with Gasteiger partial charge in [-0.3, -0.25) is 4.79 Å². The number of benzene rings is 2. The Morgan fingerprint density at radius 2 is 1.89 bits per heavy atom. The highest BCUT2D eigenvalue weighted by Crippen LogP contribution is 2.25. The summed E-state index contributed by atoms with van der Waals surface area (Å²) in [4.78, 5) is 11.9. The van der Waals surface area contributed by atoms with Crippen LogP contribution in [0.3, 0.4) is 0 Å². The summed E-state index contributed by atoms with van der Waals surface area (Å²) in [6.07, 6.45) is 0.305. The van der Waals surface area contributed by atoms with Crippen LogP contribution >= 0.6 is 39.1 Å². The summed E-state index contributed by atoms with van der Waals surface area (Å²) in [6.45, 7) is 0. The molecule has 2 aromatic carbocycles. The van der Waals surface area contributed by atoms with Crippen LogP contribution in [0.15, 0.2) is 46.9 Å². The molecule has 19 heavy (non-hydrogen) atoms. The van der Waals surface area contributed by atoms with E-state index in [2.05, 4.69) is 21.2 Å². The molecule has 0 heterocycles. The molecule has 2 aromatic rings. The molecule has 2 rings (SSSR count). The number of carbonyl (C=O) groups is 1. The van der Waals surface area contributed by atoms with E-state index < -0.39 is 0 Å². The van der Waals surface area contributed by atoms with E-state index in [1.807, 2.05) is 24.3 Å². The SMILES string of the molecule is O=C(Cc1cccc(Br)c1)Nc1ccc(Cl)c(Cl)c1. The van der Waals surface area contributed by atoms with Crippen molar-refractivity contribution in [3.05, 3.63) is 62.5 Å². The third kappa shape index (κ3) is 4.23. The Balaban J connectivity index is 2.03. The standard InChI is InChI=1S/C14H10BrCl2NO/c15-10-3-1-2-9(6-10)7-14(19)18-11-4-5-12(16)13(17)8-11/h1-6,8H,7H2,(H,18,19). The zero-order valence-corrected chi connectivity index (χ0v) is 12.9. The number of halogens is 3. The third-order valence-electron chi connectivity index (χ3n) is 2.46. The van der Waals surface area contributed by atoms with Crippen molar-refractivity contribution >= 4 is 50.7 Å². The number of hydrogen-bond acceptors (Lipinski definition) is 1. The molecule has 0 aliphatic rings. The summed E-state index contributed by atoms with van der Waals surface area (Å²) in [6, 6.07) is 12.6. The first kappa shape index (κ1) is 14.4. The molecule has 0 radical (unpaired) electrons. The molecule has 1 amide bonds. The molecule has 0 bridgehead atoms. The number of anilines is 1. The molecule has 98 valence electrons. The van der Waals surface area contributed by atoms with Crippen LogP contribution in [0.1, 0.15) is 5.56 Å². The van der Waals surface area contributed by atoms with Crippen LogP contribution in [-0.2, 0) is 11.2 Å². The Labute approximate surface area is 129 Å². The molecule has 0 atom stereocenters. The second-order valence-corrected chi connectivity index (χ2v) is 5.71. The van der Waals surface area contributed by atoms with Crippen molar-refractivity contribution in [2.75, 3.05) is 5.32 Å². The third-order valence-corrected chi connectivity index (χ3v) is 3.69. The molecule has 5 heteroatoms. The Morgan fingerprint density at radius 3 is 2.58 bits per heavy atom. The smallest absolute Gasteiger partial charge is 0.228 e. The highest BCUT2D eigenvalue weighted by atomic mass is 79.9. The van der Waals surface area contributed by atoms with E-state index in [9.17, 15) is 4.79 Å². The average molecular weight is 359 g/mol. The van der Waals surface area contributed by atoms with Crippen molar-refractivity contribution < 1.29 is 4.79 Å². The highest BCUT2D eigenvalue weighted by molar-refractivity contribution is 9.10. The lowest BCUT2D eigenvalue weighted by Gasteiger charge is -2.06. The Bertz CT molecular complexity index is 616. The summed E-state index contributed by atoms with van der Waals surface area (Å²) in [5, 5.41) is 3.66. The first-order valence-corrected chi connectivity index (χ1v) is 7.09. The van der Waals surface area contributed by atoms with E-state index in [4.69, 9.17) is 23.2 Å². The second-order valence-electron chi connectivity index (χ2n) is 3.98. The summed E-state index contributed by atoms with van der Waals surface area (Å²) < 4.78 is 0.951. The minimum Gasteiger partial charge on any atom is -0.326 e. The summed E-state index contributed by atoms with van der Waals surface area (Å²) in [7, 11) is 0. The largest absolute Gasteiger partial charge is 0.326 e. The minimum atomic E-state index is -0.100. The fraction of sp³-hybridized carbons (Fsp3) is 0.0714. The Morgan fingerprint density at radius 1 is 1.11 bits per heavy atom. The van der Waals surface area contributed by atoms with Gasteiger partial charge in [0.15, 0.2) is 0 Å². The van der Waals surface area contributed by atoms with Crippen LogP contribution in [-0.4, -0.2) is 5.91 Å². The van der Waals surface area contributed by atoms with Crippen LogP contribution in [0.4, 0.5) is 5.69 Å². The predicted molar refractivity (Wildman–Crippen MR) is 82.9 cm³/mol. The van der Waals surface area contributed by atoms with Crippen molar-refractivity contribution in [2.45, 2.75) is 6.42 Å². The topological polar surface area (TPSA) is 29.1 Å². The van der Waals surface area contributed by atoms with Gasteiger partial charge in [-0.2, -0.15) is 0 Å². The zero-order chi connectivity index (χ0) is 13.8. The fourth-order valence-electron chi connectivity index (χ4n) is 1.61. The molecule has 0 saturated carbocycles. The van der Waals surface area contributed by atoms with Gasteiger partial charge in [0.2, 0.25) is 5.91 Å². The molecule has 2 nitrogen and oxygen atoms in total. The average Bonchev–Trinajstić information content (AvgIpc) is 2.34. The van der Waals surface area contributed by atoms with Crippen LogP contribution in [0.5, 0.6) is 0 Å². The fourth-order valence-corrected chi connectivity index (χ4v) is 2.36. The van der Waals surface area contributed by atoms with Crippen molar-refractivity contribution in [1.29, 1.82) is 0 Å². The van der Waals surface area contributed by atoms with Gasteiger partial charge >= 0.3 is 0 Å². The molecule has 0 unspecified atom stereocenters. The first-order chi connectivity index (χ1) is 9.04. The highest BCUT2D eigenvalue weighted by Gasteiger charge is 2.06. The number of hydrogen-bond donors (Lipinski definition) is 1. The van der Waals surface area contributed by atoms with E-state index >= 15 is 0 Å². The number of carbonyl (C=O) groups excluding carboxylic acids is 1.